The molecule has 1 rings (SSSR count). The van der Waals surface area contributed by atoms with Crippen LogP contribution in [0.4, 0.5) is 4.79 Å². The maximum Gasteiger partial charge on any atom is 0.318 e. The maximum atomic E-state index is 11.3. The smallest absolute Gasteiger partial charge is 0.318 e. The number of hydrogen-bond donors (Lipinski definition) is 2. The zero-order chi connectivity index (χ0) is 10.8. The van der Waals surface area contributed by atoms with Crippen molar-refractivity contribution in [2.45, 2.75) is 46.6 Å². The minimum atomic E-state index is -0.0869. The van der Waals surface area contributed by atoms with Crippen LogP contribution in [0.5, 0.6) is 0 Å². The molecule has 0 radical (unpaired) electrons. The van der Waals surface area contributed by atoms with Gasteiger partial charge in [-0.05, 0) is 25.2 Å². The molecule has 0 aliphatic heterocycles. The van der Waals surface area contributed by atoms with E-state index in [1.165, 1.54) is 5.57 Å². The fourth-order valence-corrected chi connectivity index (χ4v) is 0.845. The van der Waals surface area contributed by atoms with E-state index in [9.17, 15) is 4.79 Å². The standard InChI is InChI=1S/C11H20N2O/c1-8(11(2,3)4)7-12-10(14)13-9-5-6-9/h7,9H,5-6H2,1-4H3,(H2,12,13,14)/b8-7+. The number of urea groups is 1. The van der Waals surface area contributed by atoms with Gasteiger partial charge in [-0.1, -0.05) is 26.3 Å². The molecule has 3 heteroatoms. The van der Waals surface area contributed by atoms with Crippen LogP contribution in [0, 0.1) is 5.41 Å². The second-order valence-electron chi connectivity index (χ2n) is 4.97. The van der Waals surface area contributed by atoms with Crippen molar-refractivity contribution in [1.82, 2.24) is 10.6 Å². The first-order chi connectivity index (χ1) is 6.39. The summed E-state index contributed by atoms with van der Waals surface area (Å²) < 4.78 is 0. The molecule has 3 nitrogen and oxygen atoms in total. The number of carbonyl (C=O) groups is 1. The Labute approximate surface area is 86.0 Å². The predicted molar refractivity (Wildman–Crippen MR) is 57.9 cm³/mol. The van der Waals surface area contributed by atoms with E-state index in [2.05, 4.69) is 31.4 Å². The van der Waals surface area contributed by atoms with Crippen molar-refractivity contribution in [3.05, 3.63) is 11.8 Å². The molecule has 2 amide bonds. The minimum absolute atomic E-state index is 0.0869. The van der Waals surface area contributed by atoms with Gasteiger partial charge >= 0.3 is 6.03 Å². The third-order valence-corrected chi connectivity index (χ3v) is 2.52. The summed E-state index contributed by atoms with van der Waals surface area (Å²) in [6.45, 7) is 8.40. The fraction of sp³-hybridized carbons (Fsp3) is 0.727. The molecule has 0 saturated heterocycles. The van der Waals surface area contributed by atoms with Gasteiger partial charge in [0, 0.05) is 12.2 Å². The topological polar surface area (TPSA) is 41.1 Å². The normalized spacial score (nSPS) is 17.9. The molecule has 2 N–H and O–H groups in total. The van der Waals surface area contributed by atoms with Gasteiger partial charge in [0.25, 0.3) is 0 Å². The van der Waals surface area contributed by atoms with E-state index in [1.54, 1.807) is 6.20 Å². The van der Waals surface area contributed by atoms with Crippen LogP contribution < -0.4 is 10.6 Å². The van der Waals surface area contributed by atoms with Gasteiger partial charge in [-0.15, -0.1) is 0 Å². The van der Waals surface area contributed by atoms with Gasteiger partial charge in [-0.2, -0.15) is 0 Å². The first kappa shape index (κ1) is 11.1. The lowest BCUT2D eigenvalue weighted by molar-refractivity contribution is 0.243. The molecule has 0 heterocycles. The zero-order valence-electron chi connectivity index (χ0n) is 9.48. The van der Waals surface area contributed by atoms with E-state index >= 15 is 0 Å². The highest BCUT2D eigenvalue weighted by Crippen LogP contribution is 2.23. The second kappa shape index (κ2) is 4.03. The molecule has 0 spiro atoms. The van der Waals surface area contributed by atoms with Crippen molar-refractivity contribution < 1.29 is 4.79 Å². The highest BCUT2D eigenvalue weighted by Gasteiger charge is 2.22. The average Bonchev–Trinajstić information content (AvgIpc) is 2.82. The van der Waals surface area contributed by atoms with Gasteiger partial charge in [0.2, 0.25) is 0 Å². The van der Waals surface area contributed by atoms with E-state index in [4.69, 9.17) is 0 Å². The van der Waals surface area contributed by atoms with Crippen molar-refractivity contribution in [1.29, 1.82) is 0 Å². The number of nitrogens with one attached hydrogen (secondary N) is 2. The molecule has 0 aromatic carbocycles. The maximum absolute atomic E-state index is 11.3. The molecule has 0 unspecified atom stereocenters. The highest BCUT2D eigenvalue weighted by atomic mass is 16.2. The molecule has 0 bridgehead atoms. The Morgan fingerprint density at radius 3 is 2.36 bits per heavy atom. The Hall–Kier alpha value is -0.990. The first-order valence-corrected chi connectivity index (χ1v) is 5.14. The lowest BCUT2D eigenvalue weighted by Crippen LogP contribution is -2.34. The SMILES string of the molecule is C/C(=C\NC(=O)NC1CC1)C(C)(C)C. The van der Waals surface area contributed by atoms with E-state index in [-0.39, 0.29) is 11.4 Å². The predicted octanol–water partition coefficient (Wildman–Crippen LogP) is 2.40. The van der Waals surface area contributed by atoms with Crippen LogP contribution in [0.2, 0.25) is 0 Å². The Bertz CT molecular complexity index is 247. The zero-order valence-corrected chi connectivity index (χ0v) is 9.48. The molecule has 1 aliphatic carbocycles. The van der Waals surface area contributed by atoms with Gasteiger partial charge in [0.15, 0.2) is 0 Å². The average molecular weight is 196 g/mol. The van der Waals surface area contributed by atoms with E-state index < -0.39 is 0 Å². The summed E-state index contributed by atoms with van der Waals surface area (Å²) >= 11 is 0. The Morgan fingerprint density at radius 2 is 1.93 bits per heavy atom. The number of amides is 2. The van der Waals surface area contributed by atoms with Crippen molar-refractivity contribution in [3.63, 3.8) is 0 Å². The van der Waals surface area contributed by atoms with E-state index in [1.807, 2.05) is 6.92 Å². The lowest BCUT2D eigenvalue weighted by Gasteiger charge is -2.19. The van der Waals surface area contributed by atoms with Gasteiger partial charge in [-0.3, -0.25) is 0 Å². The summed E-state index contributed by atoms with van der Waals surface area (Å²) in [4.78, 5) is 11.3. The van der Waals surface area contributed by atoms with Gasteiger partial charge < -0.3 is 10.6 Å². The van der Waals surface area contributed by atoms with Gasteiger partial charge in [0.05, 0.1) is 0 Å². The third kappa shape index (κ3) is 3.81. The molecule has 0 atom stereocenters. The van der Waals surface area contributed by atoms with Gasteiger partial charge in [-0.25, -0.2) is 4.79 Å². The number of hydrogen-bond acceptors (Lipinski definition) is 1. The molecular formula is C11H20N2O. The highest BCUT2D eigenvalue weighted by molar-refractivity contribution is 5.75. The number of carbonyl (C=O) groups excluding carboxylic acids is 1. The van der Waals surface area contributed by atoms with Crippen LogP contribution in [0.3, 0.4) is 0 Å². The van der Waals surface area contributed by atoms with Crippen molar-refractivity contribution >= 4 is 6.03 Å². The van der Waals surface area contributed by atoms with Crippen molar-refractivity contribution in [2.75, 3.05) is 0 Å². The Morgan fingerprint density at radius 1 is 1.36 bits per heavy atom. The fourth-order valence-electron chi connectivity index (χ4n) is 0.845. The molecular weight excluding hydrogens is 176 g/mol. The van der Waals surface area contributed by atoms with Crippen molar-refractivity contribution in [3.8, 4) is 0 Å². The van der Waals surface area contributed by atoms with Crippen molar-refractivity contribution in [2.24, 2.45) is 5.41 Å². The third-order valence-electron chi connectivity index (χ3n) is 2.52. The van der Waals surface area contributed by atoms with Crippen LogP contribution >= 0.6 is 0 Å². The Kier molecular flexibility index (Phi) is 3.19. The summed E-state index contributed by atoms with van der Waals surface area (Å²) in [6, 6.07) is 0.328. The lowest BCUT2D eigenvalue weighted by atomic mass is 9.88. The van der Waals surface area contributed by atoms with Crippen LogP contribution in [0.15, 0.2) is 11.8 Å². The second-order valence-corrected chi connectivity index (χ2v) is 4.97. The summed E-state index contributed by atoms with van der Waals surface area (Å²) in [5.74, 6) is 0. The summed E-state index contributed by atoms with van der Waals surface area (Å²) in [6.07, 6.45) is 4.03. The minimum Gasteiger partial charge on any atom is -0.335 e. The first-order valence-electron chi connectivity index (χ1n) is 5.14. The summed E-state index contributed by atoms with van der Waals surface area (Å²) in [5.41, 5.74) is 1.29. The summed E-state index contributed by atoms with van der Waals surface area (Å²) in [7, 11) is 0. The van der Waals surface area contributed by atoms with Gasteiger partial charge in [0.1, 0.15) is 0 Å². The number of allylic oxidation sites excluding steroid dienone is 1. The molecule has 14 heavy (non-hydrogen) atoms. The molecule has 1 aliphatic rings. The molecule has 0 aromatic heterocycles. The molecule has 1 fully saturated rings. The van der Waals surface area contributed by atoms with Crippen LogP contribution in [0.1, 0.15) is 40.5 Å². The van der Waals surface area contributed by atoms with Crippen LogP contribution in [-0.2, 0) is 0 Å². The molecule has 1 saturated carbocycles. The quantitative estimate of drug-likeness (QED) is 0.699. The Balaban J connectivity index is 2.33. The molecule has 80 valence electrons. The number of rotatable bonds is 2. The summed E-state index contributed by atoms with van der Waals surface area (Å²) in [5, 5.41) is 5.61. The van der Waals surface area contributed by atoms with Crippen LogP contribution in [0.25, 0.3) is 0 Å². The van der Waals surface area contributed by atoms with Crippen LogP contribution in [-0.4, -0.2) is 12.1 Å². The van der Waals surface area contributed by atoms with E-state index in [0.717, 1.165) is 12.8 Å². The molecule has 0 aromatic rings. The van der Waals surface area contributed by atoms with E-state index in [0.29, 0.717) is 6.04 Å². The monoisotopic (exact) mass is 196 g/mol. The largest absolute Gasteiger partial charge is 0.335 e.